The van der Waals surface area contributed by atoms with Gasteiger partial charge in [0.05, 0.1) is 11.6 Å². The summed E-state index contributed by atoms with van der Waals surface area (Å²) in [5.74, 6) is -0.183. The van der Waals surface area contributed by atoms with E-state index in [9.17, 15) is 13.2 Å². The Kier molecular flexibility index (Phi) is 10.8. The first-order chi connectivity index (χ1) is 17.5. The van der Waals surface area contributed by atoms with Crippen LogP contribution in [0.5, 0.6) is 0 Å². The lowest BCUT2D eigenvalue weighted by Crippen LogP contribution is -2.51. The Hall–Kier alpha value is -1.68. The van der Waals surface area contributed by atoms with Crippen molar-refractivity contribution in [2.45, 2.75) is 55.0 Å². The van der Waals surface area contributed by atoms with Crippen molar-refractivity contribution in [2.24, 2.45) is 0 Å². The first-order valence-electron chi connectivity index (χ1n) is 12.5. The van der Waals surface area contributed by atoms with E-state index in [1.54, 1.807) is 0 Å². The van der Waals surface area contributed by atoms with E-state index in [1.165, 1.54) is 30.8 Å². The van der Waals surface area contributed by atoms with Crippen LogP contribution in [0.3, 0.4) is 0 Å². The maximum Gasteiger partial charge on any atom is 0.246 e. The van der Waals surface area contributed by atoms with E-state index < -0.39 is 10.0 Å². The molecule has 1 saturated carbocycles. The minimum atomic E-state index is -3.79. The zero-order chi connectivity index (χ0) is 27.1. The molecule has 1 amide bonds. The van der Waals surface area contributed by atoms with Crippen LogP contribution < -0.4 is 5.32 Å². The van der Waals surface area contributed by atoms with Crippen molar-refractivity contribution in [1.29, 1.82) is 0 Å². The maximum absolute atomic E-state index is 12.7. The zero-order valence-corrected chi connectivity index (χ0v) is 24.1. The van der Waals surface area contributed by atoms with Gasteiger partial charge in [-0.1, -0.05) is 53.5 Å². The van der Waals surface area contributed by atoms with Gasteiger partial charge in [0.25, 0.3) is 0 Å². The smallest absolute Gasteiger partial charge is 0.246 e. The number of rotatable bonds is 12. The molecule has 1 fully saturated rings. The van der Waals surface area contributed by atoms with Crippen LogP contribution in [0, 0.1) is 0 Å². The Morgan fingerprint density at radius 2 is 1.76 bits per heavy atom. The van der Waals surface area contributed by atoms with E-state index >= 15 is 0 Å². The van der Waals surface area contributed by atoms with E-state index in [0.29, 0.717) is 5.02 Å². The average Bonchev–Trinajstić information content (AvgIpc) is 2.86. The molecule has 0 radical (unpaired) electrons. The molecule has 10 heteroatoms. The second-order valence-electron chi connectivity index (χ2n) is 9.90. The lowest BCUT2D eigenvalue weighted by molar-refractivity contribution is -0.126. The van der Waals surface area contributed by atoms with Crippen molar-refractivity contribution in [3.05, 3.63) is 64.1 Å². The highest BCUT2D eigenvalue weighted by Gasteiger charge is 2.37. The van der Waals surface area contributed by atoms with E-state index in [-0.39, 0.29) is 47.2 Å². The third-order valence-electron chi connectivity index (χ3n) is 7.32. The van der Waals surface area contributed by atoms with Crippen molar-refractivity contribution in [3.8, 4) is 0 Å². The molecule has 0 atom stereocenters. The van der Waals surface area contributed by atoms with Gasteiger partial charge in [0.15, 0.2) is 0 Å². The first kappa shape index (κ1) is 29.9. The van der Waals surface area contributed by atoms with Gasteiger partial charge in [0, 0.05) is 30.2 Å². The highest BCUT2D eigenvalue weighted by molar-refractivity contribution is 7.89. The molecule has 7 nitrogen and oxygen atoms in total. The van der Waals surface area contributed by atoms with Crippen molar-refractivity contribution in [1.82, 2.24) is 14.5 Å². The minimum Gasteiger partial charge on any atom is -0.370 e. The third-order valence-corrected chi connectivity index (χ3v) is 9.89. The van der Waals surface area contributed by atoms with E-state index in [4.69, 9.17) is 27.9 Å². The average molecular weight is 571 g/mol. The molecular weight excluding hydrogens is 533 g/mol. The number of amides is 1. The number of nitrogens with one attached hydrogen (secondary N) is 1. The molecule has 37 heavy (non-hydrogen) atoms. The Morgan fingerprint density at radius 1 is 1.08 bits per heavy atom. The lowest BCUT2D eigenvalue weighted by atomic mass is 9.75. The molecule has 0 spiro atoms. The topological polar surface area (TPSA) is 79.0 Å². The fourth-order valence-electron chi connectivity index (χ4n) is 4.84. The van der Waals surface area contributed by atoms with E-state index in [1.807, 2.05) is 6.07 Å². The molecule has 3 rings (SSSR count). The largest absolute Gasteiger partial charge is 0.370 e. The van der Waals surface area contributed by atoms with Crippen molar-refractivity contribution >= 4 is 39.1 Å². The monoisotopic (exact) mass is 569 g/mol. The number of ether oxygens (including phenoxy) is 1. The summed E-state index contributed by atoms with van der Waals surface area (Å²) in [5, 5.41) is 3.50. The van der Waals surface area contributed by atoms with E-state index in [2.05, 4.69) is 48.6 Å². The molecule has 1 aliphatic rings. The van der Waals surface area contributed by atoms with Gasteiger partial charge in [-0.2, -0.15) is 4.31 Å². The van der Waals surface area contributed by atoms with Crippen LogP contribution in [-0.4, -0.2) is 76.0 Å². The van der Waals surface area contributed by atoms with Crippen LogP contribution in [0.4, 0.5) is 0 Å². The highest BCUT2D eigenvalue weighted by atomic mass is 35.5. The number of likely N-dealkylation sites (N-methyl/N-ethyl adjacent to an activating group) is 1. The Bertz CT molecular complexity index is 1140. The quantitative estimate of drug-likeness (QED) is 0.377. The van der Waals surface area contributed by atoms with Gasteiger partial charge in [0.1, 0.15) is 11.5 Å². The second kappa shape index (κ2) is 13.4. The summed E-state index contributed by atoms with van der Waals surface area (Å²) >= 11 is 11.9. The summed E-state index contributed by atoms with van der Waals surface area (Å²) < 4.78 is 32.1. The number of hydrogen-bond donors (Lipinski definition) is 1. The van der Waals surface area contributed by atoms with Crippen molar-refractivity contribution < 1.29 is 17.9 Å². The summed E-state index contributed by atoms with van der Waals surface area (Å²) in [4.78, 5) is 14.8. The molecule has 1 N–H and O–H groups in total. The number of halogens is 2. The maximum atomic E-state index is 12.7. The molecule has 0 unspecified atom stereocenters. The van der Waals surface area contributed by atoms with Gasteiger partial charge in [-0.05, 0) is 76.4 Å². The third kappa shape index (κ3) is 8.15. The molecule has 1 aliphatic carbocycles. The molecule has 0 aromatic heterocycles. The van der Waals surface area contributed by atoms with Gasteiger partial charge < -0.3 is 15.0 Å². The first-order valence-corrected chi connectivity index (χ1v) is 14.7. The van der Waals surface area contributed by atoms with Gasteiger partial charge in [-0.25, -0.2) is 8.42 Å². The summed E-state index contributed by atoms with van der Waals surface area (Å²) in [5.41, 5.74) is 1.49. The number of aryl methyl sites for hydroxylation is 1. The fourth-order valence-corrected chi connectivity index (χ4v) is 6.74. The van der Waals surface area contributed by atoms with Crippen LogP contribution in [-0.2, 0) is 26.0 Å². The molecule has 0 aliphatic heterocycles. The van der Waals surface area contributed by atoms with E-state index in [0.717, 1.165) is 42.8 Å². The highest BCUT2D eigenvalue weighted by Crippen LogP contribution is 2.36. The molecule has 0 saturated heterocycles. The van der Waals surface area contributed by atoms with Crippen LogP contribution in [0.2, 0.25) is 10.0 Å². The molecule has 0 heterocycles. The number of carbonyl (C=O) groups is 1. The Labute approximate surface area is 231 Å². The summed E-state index contributed by atoms with van der Waals surface area (Å²) in [6.45, 7) is 0.0614. The second-order valence-corrected chi connectivity index (χ2v) is 12.8. The fraction of sp³-hybridized carbons (Fsp3) is 0.519. The van der Waals surface area contributed by atoms with Crippen LogP contribution in [0.15, 0.2) is 53.4 Å². The number of hydrogen-bond acceptors (Lipinski definition) is 5. The SMILES string of the molecule is CN(C)C1(CCc2ccccc2)CCC(NC(=O)COCCN(C)S(=O)(=O)c2ccc(Cl)cc2Cl)CC1. The number of carbonyl (C=O) groups excluding carboxylic acids is 1. The Balaban J connectivity index is 1.40. The predicted molar refractivity (Wildman–Crippen MR) is 149 cm³/mol. The summed E-state index contributed by atoms with van der Waals surface area (Å²) in [6.07, 6.45) is 6.01. The standard InChI is InChI=1S/C27H37Cl2N3O4S/c1-31(2)27(14-11-21-7-5-4-6-8-21)15-12-23(13-16-27)30-26(33)20-36-18-17-32(3)37(34,35)25-10-9-22(28)19-24(25)29/h4-10,19,23H,11-18,20H2,1-3H3,(H,30,33). The van der Waals surface area contributed by atoms with Gasteiger partial charge in [-0.3, -0.25) is 4.79 Å². The zero-order valence-electron chi connectivity index (χ0n) is 21.8. The minimum absolute atomic E-state index is 0.0197. The van der Waals surface area contributed by atoms with Crippen LogP contribution in [0.25, 0.3) is 0 Å². The molecule has 2 aromatic rings. The molecular formula is C27H37Cl2N3O4S. The predicted octanol–water partition coefficient (Wildman–Crippen LogP) is 4.62. The van der Waals surface area contributed by atoms with Crippen molar-refractivity contribution in [3.63, 3.8) is 0 Å². The number of sulfonamides is 1. The van der Waals surface area contributed by atoms with Crippen molar-refractivity contribution in [2.75, 3.05) is 40.9 Å². The van der Waals surface area contributed by atoms with Gasteiger partial charge in [0.2, 0.25) is 15.9 Å². The summed E-state index contributed by atoms with van der Waals surface area (Å²) in [7, 11) is 1.95. The van der Waals surface area contributed by atoms with Crippen LogP contribution >= 0.6 is 23.2 Å². The van der Waals surface area contributed by atoms with Crippen LogP contribution in [0.1, 0.15) is 37.7 Å². The Morgan fingerprint density at radius 3 is 2.38 bits per heavy atom. The molecule has 2 aromatic carbocycles. The van der Waals surface area contributed by atoms with Gasteiger partial charge in [-0.15, -0.1) is 0 Å². The summed E-state index contributed by atoms with van der Waals surface area (Å²) in [6, 6.07) is 14.9. The normalized spacial score (nSPS) is 20.4. The van der Waals surface area contributed by atoms with Gasteiger partial charge >= 0.3 is 0 Å². The number of benzene rings is 2. The molecule has 204 valence electrons. The number of nitrogens with zero attached hydrogens (tertiary/aromatic N) is 2. The molecule has 0 bridgehead atoms. The lowest BCUT2D eigenvalue weighted by Gasteiger charge is -2.45.